The summed E-state index contributed by atoms with van der Waals surface area (Å²) >= 11 is 0. The van der Waals surface area contributed by atoms with Gasteiger partial charge in [0.25, 0.3) is 0 Å². The van der Waals surface area contributed by atoms with Crippen LogP contribution in [-0.2, 0) is 0 Å². The van der Waals surface area contributed by atoms with Crippen molar-refractivity contribution in [3.05, 3.63) is 35.7 Å². The maximum atomic E-state index is 11.3. The van der Waals surface area contributed by atoms with E-state index in [-0.39, 0.29) is 11.8 Å². The lowest BCUT2D eigenvalue weighted by Crippen LogP contribution is -2.06. The zero-order valence-electron chi connectivity index (χ0n) is 12.1. The molecule has 5 nitrogen and oxygen atoms in total. The van der Waals surface area contributed by atoms with E-state index < -0.39 is 5.97 Å². The minimum absolute atomic E-state index is 0.0432. The highest BCUT2D eigenvalue weighted by Gasteiger charge is 2.18. The fraction of sp³-hybridized carbons (Fsp3) is 0.250. The highest BCUT2D eigenvalue weighted by molar-refractivity contribution is 6.13. The average molecular weight is 284 g/mol. The average Bonchev–Trinajstić information content (AvgIpc) is 2.78. The molecule has 0 radical (unpaired) electrons. The van der Waals surface area contributed by atoms with E-state index in [1.807, 2.05) is 32.0 Å². The largest absolute Gasteiger partial charge is 0.490 e. The fourth-order valence-corrected chi connectivity index (χ4v) is 2.63. The molecule has 2 N–H and O–H groups in total. The number of H-pyrrole nitrogens is 1. The molecule has 0 aliphatic carbocycles. The number of fused-ring (bicyclic) bond motifs is 3. The molecule has 0 fully saturated rings. The molecule has 21 heavy (non-hydrogen) atoms. The van der Waals surface area contributed by atoms with Gasteiger partial charge in [-0.1, -0.05) is 6.07 Å². The van der Waals surface area contributed by atoms with Gasteiger partial charge in [0, 0.05) is 10.8 Å². The third kappa shape index (κ3) is 2.11. The van der Waals surface area contributed by atoms with Gasteiger partial charge in [-0.25, -0.2) is 9.78 Å². The first-order valence-electron chi connectivity index (χ1n) is 6.79. The summed E-state index contributed by atoms with van der Waals surface area (Å²) in [5.41, 5.74) is 2.44. The van der Waals surface area contributed by atoms with Gasteiger partial charge < -0.3 is 14.8 Å². The summed E-state index contributed by atoms with van der Waals surface area (Å²) in [5, 5.41) is 11.0. The molecule has 0 spiro atoms. The van der Waals surface area contributed by atoms with E-state index in [1.54, 1.807) is 13.1 Å². The number of benzene rings is 1. The number of carboxylic acids is 1. The number of carboxylic acid groups (broad SMARTS) is 1. The Morgan fingerprint density at radius 3 is 2.71 bits per heavy atom. The minimum Gasteiger partial charge on any atom is -0.490 e. The molecule has 3 rings (SSSR count). The standard InChI is InChI=1S/C16H16N2O3/c1-8(2)21-12-6-4-5-10-14(12)13-9(3)15(16(19)20)17-7-11(13)18-10/h4-8,18H,1-3H3,(H,19,20). The van der Waals surface area contributed by atoms with Crippen LogP contribution < -0.4 is 4.74 Å². The second-order valence-electron chi connectivity index (χ2n) is 5.30. The molecule has 0 saturated carbocycles. The van der Waals surface area contributed by atoms with E-state index in [9.17, 15) is 9.90 Å². The van der Waals surface area contributed by atoms with Crippen molar-refractivity contribution in [2.75, 3.05) is 0 Å². The Kier molecular flexibility index (Phi) is 3.05. The number of nitrogens with zero attached hydrogens (tertiary/aromatic N) is 1. The molecule has 0 saturated heterocycles. The van der Waals surface area contributed by atoms with Crippen molar-refractivity contribution in [1.29, 1.82) is 0 Å². The molecule has 0 amide bonds. The Labute approximate surface area is 121 Å². The van der Waals surface area contributed by atoms with Crippen LogP contribution in [0.4, 0.5) is 0 Å². The first-order valence-corrected chi connectivity index (χ1v) is 6.79. The fourth-order valence-electron chi connectivity index (χ4n) is 2.63. The Bertz CT molecular complexity index is 849. The summed E-state index contributed by atoms with van der Waals surface area (Å²) in [6.07, 6.45) is 1.60. The number of ether oxygens (including phenoxy) is 1. The van der Waals surface area contributed by atoms with Crippen molar-refractivity contribution in [3.8, 4) is 5.75 Å². The summed E-state index contributed by atoms with van der Waals surface area (Å²) in [6.45, 7) is 5.70. The van der Waals surface area contributed by atoms with Gasteiger partial charge in [-0.05, 0) is 38.5 Å². The minimum atomic E-state index is -1.02. The molecule has 0 aliphatic rings. The number of aromatic amines is 1. The van der Waals surface area contributed by atoms with Gasteiger partial charge in [0.15, 0.2) is 5.69 Å². The van der Waals surface area contributed by atoms with Crippen LogP contribution in [0.5, 0.6) is 5.75 Å². The summed E-state index contributed by atoms with van der Waals surface area (Å²) in [6, 6.07) is 5.76. The molecule has 0 bridgehead atoms. The van der Waals surface area contributed by atoms with E-state index in [4.69, 9.17) is 4.74 Å². The molecular formula is C16H16N2O3. The SMILES string of the molecule is Cc1c(C(=O)O)ncc2[nH]c3cccc(OC(C)C)c3c12. The van der Waals surface area contributed by atoms with Crippen LogP contribution in [0.2, 0.25) is 0 Å². The highest BCUT2D eigenvalue weighted by Crippen LogP contribution is 2.35. The number of hydrogen-bond donors (Lipinski definition) is 2. The van der Waals surface area contributed by atoms with E-state index in [0.717, 1.165) is 27.6 Å². The van der Waals surface area contributed by atoms with E-state index in [2.05, 4.69) is 9.97 Å². The van der Waals surface area contributed by atoms with Crippen LogP contribution in [0.1, 0.15) is 29.9 Å². The third-order valence-electron chi connectivity index (χ3n) is 3.43. The van der Waals surface area contributed by atoms with Gasteiger partial charge in [0.05, 0.1) is 23.3 Å². The predicted molar refractivity (Wildman–Crippen MR) is 81.1 cm³/mol. The Morgan fingerprint density at radius 2 is 2.05 bits per heavy atom. The molecule has 2 heterocycles. The van der Waals surface area contributed by atoms with E-state index in [0.29, 0.717) is 5.56 Å². The maximum Gasteiger partial charge on any atom is 0.354 e. The lowest BCUT2D eigenvalue weighted by molar-refractivity contribution is 0.0690. The van der Waals surface area contributed by atoms with Gasteiger partial charge in [-0.15, -0.1) is 0 Å². The number of rotatable bonds is 3. The number of aromatic carboxylic acids is 1. The second-order valence-corrected chi connectivity index (χ2v) is 5.30. The normalized spacial score (nSPS) is 11.4. The Hall–Kier alpha value is -2.56. The first kappa shape index (κ1) is 13.4. The van der Waals surface area contributed by atoms with Crippen molar-refractivity contribution in [3.63, 3.8) is 0 Å². The summed E-state index contributed by atoms with van der Waals surface area (Å²) in [5.74, 6) is -0.273. The number of aryl methyl sites for hydroxylation is 1. The van der Waals surface area contributed by atoms with Gasteiger partial charge in [-0.2, -0.15) is 0 Å². The summed E-state index contributed by atoms with van der Waals surface area (Å²) in [7, 11) is 0. The molecule has 2 aromatic heterocycles. The zero-order chi connectivity index (χ0) is 15.1. The summed E-state index contributed by atoms with van der Waals surface area (Å²) in [4.78, 5) is 18.6. The van der Waals surface area contributed by atoms with Crippen LogP contribution in [0.15, 0.2) is 24.4 Å². The monoisotopic (exact) mass is 284 g/mol. The number of carbonyl (C=O) groups is 1. The van der Waals surface area contributed by atoms with Crippen LogP contribution >= 0.6 is 0 Å². The highest BCUT2D eigenvalue weighted by atomic mass is 16.5. The van der Waals surface area contributed by atoms with Gasteiger partial charge in [0.2, 0.25) is 0 Å². The Morgan fingerprint density at radius 1 is 1.29 bits per heavy atom. The molecule has 0 atom stereocenters. The third-order valence-corrected chi connectivity index (χ3v) is 3.43. The maximum absolute atomic E-state index is 11.3. The molecule has 0 unspecified atom stereocenters. The Balaban J connectivity index is 2.41. The van der Waals surface area contributed by atoms with Crippen molar-refractivity contribution in [2.45, 2.75) is 26.9 Å². The quantitative estimate of drug-likeness (QED) is 0.771. The molecule has 0 aliphatic heterocycles. The number of hydrogen-bond acceptors (Lipinski definition) is 3. The van der Waals surface area contributed by atoms with Gasteiger partial charge in [0.1, 0.15) is 5.75 Å². The lowest BCUT2D eigenvalue weighted by atomic mass is 10.1. The summed E-state index contributed by atoms with van der Waals surface area (Å²) < 4.78 is 5.86. The van der Waals surface area contributed by atoms with Crippen molar-refractivity contribution in [1.82, 2.24) is 9.97 Å². The molecular weight excluding hydrogens is 268 g/mol. The smallest absolute Gasteiger partial charge is 0.354 e. The van der Waals surface area contributed by atoms with Crippen LogP contribution in [0, 0.1) is 6.92 Å². The second kappa shape index (κ2) is 4.77. The van der Waals surface area contributed by atoms with Crippen molar-refractivity contribution < 1.29 is 14.6 Å². The molecule has 3 aromatic rings. The van der Waals surface area contributed by atoms with Gasteiger partial charge >= 0.3 is 5.97 Å². The van der Waals surface area contributed by atoms with Crippen LogP contribution in [0.25, 0.3) is 21.8 Å². The van der Waals surface area contributed by atoms with Crippen molar-refractivity contribution >= 4 is 27.8 Å². The van der Waals surface area contributed by atoms with E-state index in [1.165, 1.54) is 0 Å². The van der Waals surface area contributed by atoms with Gasteiger partial charge in [-0.3, -0.25) is 0 Å². The van der Waals surface area contributed by atoms with Crippen LogP contribution in [-0.4, -0.2) is 27.1 Å². The number of pyridine rings is 1. The molecule has 1 aromatic carbocycles. The van der Waals surface area contributed by atoms with Crippen LogP contribution in [0.3, 0.4) is 0 Å². The van der Waals surface area contributed by atoms with E-state index >= 15 is 0 Å². The number of aromatic nitrogens is 2. The number of nitrogens with one attached hydrogen (secondary N) is 1. The predicted octanol–water partition coefficient (Wildman–Crippen LogP) is 3.51. The first-order chi connectivity index (χ1) is 9.99. The van der Waals surface area contributed by atoms with Crippen molar-refractivity contribution in [2.24, 2.45) is 0 Å². The topological polar surface area (TPSA) is 75.2 Å². The molecule has 108 valence electrons. The lowest BCUT2D eigenvalue weighted by Gasteiger charge is -2.11. The molecule has 5 heteroatoms. The zero-order valence-corrected chi connectivity index (χ0v) is 12.1.